The molecule has 1 N–H and O–H groups in total. The minimum absolute atomic E-state index is 0.0344. The number of carbonyl (C=O) groups is 2. The van der Waals surface area contributed by atoms with Crippen LogP contribution in [0.2, 0.25) is 0 Å². The Bertz CT molecular complexity index is 797. The fourth-order valence-corrected chi connectivity index (χ4v) is 5.16. The number of ether oxygens (including phenoxy) is 1. The van der Waals surface area contributed by atoms with Crippen molar-refractivity contribution in [3.05, 3.63) is 35.9 Å². The second kappa shape index (κ2) is 8.14. The van der Waals surface area contributed by atoms with Crippen LogP contribution >= 0.6 is 0 Å². The second-order valence-electron chi connectivity index (χ2n) is 8.31. The van der Waals surface area contributed by atoms with Crippen LogP contribution in [-0.4, -0.2) is 73.0 Å². The van der Waals surface area contributed by atoms with Crippen molar-refractivity contribution in [2.75, 3.05) is 39.9 Å². The van der Waals surface area contributed by atoms with Crippen LogP contribution in [0.5, 0.6) is 0 Å². The Morgan fingerprint density at radius 1 is 1.31 bits per heavy atom. The molecule has 7 heteroatoms. The number of nitrogens with one attached hydrogen (secondary N) is 1. The van der Waals surface area contributed by atoms with E-state index < -0.39 is 5.54 Å². The van der Waals surface area contributed by atoms with E-state index in [4.69, 9.17) is 9.73 Å². The van der Waals surface area contributed by atoms with Crippen molar-refractivity contribution < 1.29 is 14.3 Å². The minimum atomic E-state index is -0.679. The van der Waals surface area contributed by atoms with E-state index in [1.165, 1.54) is 5.56 Å². The van der Waals surface area contributed by atoms with Crippen molar-refractivity contribution in [1.29, 1.82) is 0 Å². The third-order valence-corrected chi connectivity index (χ3v) is 6.66. The smallest absolute Gasteiger partial charge is 0.317 e. The first kappa shape index (κ1) is 19.9. The predicted octanol–water partition coefficient (Wildman–Crippen LogP) is 1.93. The largest absolute Gasteiger partial charge is 0.383 e. The molecule has 1 aromatic rings. The first-order chi connectivity index (χ1) is 14.0. The summed E-state index contributed by atoms with van der Waals surface area (Å²) in [6, 6.07) is 10.1. The van der Waals surface area contributed by atoms with Crippen LogP contribution in [-0.2, 0) is 16.0 Å². The predicted molar refractivity (Wildman–Crippen MR) is 111 cm³/mol. The topological polar surface area (TPSA) is 74.2 Å². The maximum Gasteiger partial charge on any atom is 0.317 e. The molecule has 3 atom stereocenters. The number of aliphatic imine (C=N–C) groups is 1. The van der Waals surface area contributed by atoms with Gasteiger partial charge in [-0.2, -0.15) is 0 Å². The molecule has 1 aliphatic carbocycles. The van der Waals surface area contributed by atoms with Crippen LogP contribution in [0.1, 0.15) is 25.3 Å². The van der Waals surface area contributed by atoms with Crippen LogP contribution in [0.25, 0.3) is 0 Å². The number of fused-ring (bicyclic) bond motifs is 2. The van der Waals surface area contributed by atoms with E-state index in [-0.39, 0.29) is 17.9 Å². The minimum Gasteiger partial charge on any atom is -0.383 e. The Morgan fingerprint density at radius 2 is 2.10 bits per heavy atom. The molecule has 0 bridgehead atoms. The molecule has 4 rings (SSSR count). The SMILES string of the molecule is COCCN1C(=O)[C@]2(CC[C@@H]3CN(C(=O)NCCc4ccccc4)C[C@@H]32)N=C1C. The Morgan fingerprint density at radius 3 is 2.86 bits per heavy atom. The van der Waals surface area contributed by atoms with E-state index in [2.05, 4.69) is 17.4 Å². The van der Waals surface area contributed by atoms with Gasteiger partial charge in [0.2, 0.25) is 0 Å². The fourth-order valence-electron chi connectivity index (χ4n) is 5.16. The summed E-state index contributed by atoms with van der Waals surface area (Å²) in [6.45, 7) is 4.86. The molecular weight excluding hydrogens is 368 g/mol. The van der Waals surface area contributed by atoms with Gasteiger partial charge in [0.05, 0.1) is 13.2 Å². The quantitative estimate of drug-likeness (QED) is 0.796. The van der Waals surface area contributed by atoms with Gasteiger partial charge < -0.3 is 15.0 Å². The molecule has 1 saturated heterocycles. The first-order valence-corrected chi connectivity index (χ1v) is 10.5. The average molecular weight is 399 g/mol. The van der Waals surface area contributed by atoms with Gasteiger partial charge >= 0.3 is 6.03 Å². The Balaban J connectivity index is 1.36. The van der Waals surface area contributed by atoms with Gasteiger partial charge in [-0.1, -0.05) is 30.3 Å². The number of carbonyl (C=O) groups excluding carboxylic acids is 2. The third kappa shape index (κ3) is 3.64. The number of nitrogens with zero attached hydrogens (tertiary/aromatic N) is 3. The molecule has 0 radical (unpaired) electrons. The van der Waals surface area contributed by atoms with Gasteiger partial charge in [-0.05, 0) is 37.7 Å². The van der Waals surface area contributed by atoms with Gasteiger partial charge in [0.25, 0.3) is 5.91 Å². The van der Waals surface area contributed by atoms with Gasteiger partial charge in [0.1, 0.15) is 11.4 Å². The summed E-state index contributed by atoms with van der Waals surface area (Å²) >= 11 is 0. The normalized spacial score (nSPS) is 28.2. The molecule has 1 saturated carbocycles. The van der Waals surface area contributed by atoms with Crippen LogP contribution in [0.4, 0.5) is 4.79 Å². The molecule has 0 aromatic heterocycles. The molecule has 156 valence electrons. The number of hydrogen-bond acceptors (Lipinski definition) is 4. The zero-order valence-electron chi connectivity index (χ0n) is 17.3. The average Bonchev–Trinajstić information content (AvgIpc) is 3.36. The summed E-state index contributed by atoms with van der Waals surface area (Å²) in [7, 11) is 1.64. The monoisotopic (exact) mass is 398 g/mol. The number of methoxy groups -OCH3 is 1. The Labute approximate surface area is 172 Å². The summed E-state index contributed by atoms with van der Waals surface area (Å²) in [5.41, 5.74) is 0.532. The van der Waals surface area contributed by atoms with E-state index >= 15 is 0 Å². The van der Waals surface area contributed by atoms with E-state index in [9.17, 15) is 9.59 Å². The van der Waals surface area contributed by atoms with Crippen LogP contribution < -0.4 is 5.32 Å². The molecule has 0 unspecified atom stereocenters. The van der Waals surface area contributed by atoms with E-state index in [1.807, 2.05) is 30.0 Å². The number of amides is 3. The van der Waals surface area contributed by atoms with E-state index in [0.717, 1.165) is 25.1 Å². The highest BCUT2D eigenvalue weighted by atomic mass is 16.5. The number of amidine groups is 1. The van der Waals surface area contributed by atoms with Crippen LogP contribution in [0, 0.1) is 11.8 Å². The van der Waals surface area contributed by atoms with Crippen molar-refractivity contribution in [3.8, 4) is 0 Å². The Kier molecular flexibility index (Phi) is 5.58. The first-order valence-electron chi connectivity index (χ1n) is 10.5. The van der Waals surface area contributed by atoms with Gasteiger partial charge in [-0.25, -0.2) is 4.79 Å². The molecule has 7 nitrogen and oxygen atoms in total. The van der Waals surface area contributed by atoms with Crippen LogP contribution in [0.3, 0.4) is 0 Å². The van der Waals surface area contributed by atoms with Crippen molar-refractivity contribution in [1.82, 2.24) is 15.1 Å². The lowest BCUT2D eigenvalue weighted by Gasteiger charge is -2.28. The number of benzene rings is 1. The summed E-state index contributed by atoms with van der Waals surface area (Å²) < 4.78 is 5.15. The molecule has 1 aromatic carbocycles. The number of likely N-dealkylation sites (tertiary alicyclic amines) is 1. The maximum absolute atomic E-state index is 13.2. The lowest BCUT2D eigenvalue weighted by Crippen LogP contribution is -2.48. The molecule has 2 heterocycles. The van der Waals surface area contributed by atoms with Gasteiger partial charge in [0, 0.05) is 32.7 Å². The van der Waals surface area contributed by atoms with Crippen molar-refractivity contribution in [3.63, 3.8) is 0 Å². The summed E-state index contributed by atoms with van der Waals surface area (Å²) in [5.74, 6) is 1.32. The lowest BCUT2D eigenvalue weighted by molar-refractivity contribution is -0.132. The lowest BCUT2D eigenvalue weighted by atomic mass is 9.85. The second-order valence-corrected chi connectivity index (χ2v) is 8.31. The summed E-state index contributed by atoms with van der Waals surface area (Å²) in [5, 5.41) is 3.04. The highest BCUT2D eigenvalue weighted by molar-refractivity contribution is 6.07. The zero-order chi connectivity index (χ0) is 20.4. The highest BCUT2D eigenvalue weighted by Gasteiger charge is 2.61. The molecule has 2 aliphatic heterocycles. The van der Waals surface area contributed by atoms with Crippen molar-refractivity contribution >= 4 is 17.8 Å². The zero-order valence-corrected chi connectivity index (χ0v) is 17.3. The molecule has 1 spiro atoms. The Hall–Kier alpha value is -2.41. The van der Waals surface area contributed by atoms with Crippen molar-refractivity contribution in [2.45, 2.75) is 31.7 Å². The number of rotatable bonds is 6. The van der Waals surface area contributed by atoms with Gasteiger partial charge in [-0.15, -0.1) is 0 Å². The number of hydrogen-bond donors (Lipinski definition) is 1. The fraction of sp³-hybridized carbons (Fsp3) is 0.591. The molecule has 29 heavy (non-hydrogen) atoms. The molecule has 2 fully saturated rings. The van der Waals surface area contributed by atoms with Gasteiger partial charge in [-0.3, -0.25) is 14.7 Å². The van der Waals surface area contributed by atoms with Crippen molar-refractivity contribution in [2.24, 2.45) is 16.8 Å². The van der Waals surface area contributed by atoms with Gasteiger partial charge in [0.15, 0.2) is 0 Å². The molecule has 3 aliphatic rings. The number of urea groups is 1. The summed E-state index contributed by atoms with van der Waals surface area (Å²) in [4.78, 5) is 34.4. The van der Waals surface area contributed by atoms with E-state index in [0.29, 0.717) is 38.7 Å². The highest BCUT2D eigenvalue weighted by Crippen LogP contribution is 2.50. The maximum atomic E-state index is 13.2. The standard InChI is InChI=1S/C22H30N4O3/c1-16-24-22(20(27)26(16)12-13-29-2)10-8-18-14-25(15-19(18)22)21(28)23-11-9-17-6-4-3-5-7-17/h3-7,18-19H,8-15H2,1-2H3,(H,23,28)/t18-,19+,22-/m1/s1. The molecular formula is C22H30N4O3. The van der Waals surface area contributed by atoms with Crippen LogP contribution in [0.15, 0.2) is 35.3 Å². The molecule has 3 amide bonds. The summed E-state index contributed by atoms with van der Waals surface area (Å²) in [6.07, 6.45) is 2.54. The van der Waals surface area contributed by atoms with E-state index in [1.54, 1.807) is 12.0 Å². The third-order valence-electron chi connectivity index (χ3n) is 6.66.